The Kier molecular flexibility index (Phi) is 8.91. The third kappa shape index (κ3) is 6.80. The van der Waals surface area contributed by atoms with Crippen LogP contribution in [0.5, 0.6) is 0 Å². The summed E-state index contributed by atoms with van der Waals surface area (Å²) in [6, 6.07) is 12.8. The molecule has 2 atom stereocenters. The minimum Gasteiger partial charge on any atom is -0.356 e. The molecular formula is C24H35N5OS. The van der Waals surface area contributed by atoms with Crippen molar-refractivity contribution in [2.75, 3.05) is 32.5 Å². The maximum absolute atomic E-state index is 11.8. The number of nitrogens with one attached hydrogen (secondary N) is 3. The van der Waals surface area contributed by atoms with Gasteiger partial charge in [-0.05, 0) is 67.9 Å². The van der Waals surface area contributed by atoms with Crippen LogP contribution in [-0.4, -0.2) is 44.0 Å². The summed E-state index contributed by atoms with van der Waals surface area (Å²) in [6.07, 6.45) is 3.84. The highest BCUT2D eigenvalue weighted by atomic mass is 32.1. The van der Waals surface area contributed by atoms with Crippen molar-refractivity contribution in [1.29, 1.82) is 0 Å². The zero-order chi connectivity index (χ0) is 22.1. The number of carbonyl (C=O) groups excluding carboxylic acids is 1. The van der Waals surface area contributed by atoms with E-state index in [-0.39, 0.29) is 5.91 Å². The van der Waals surface area contributed by atoms with Crippen LogP contribution >= 0.6 is 11.3 Å². The Bertz CT molecular complexity index is 851. The van der Waals surface area contributed by atoms with Crippen molar-refractivity contribution in [3.63, 3.8) is 0 Å². The van der Waals surface area contributed by atoms with E-state index in [2.05, 4.69) is 56.5 Å². The molecule has 1 saturated heterocycles. The van der Waals surface area contributed by atoms with Gasteiger partial charge in [0.05, 0.1) is 0 Å². The van der Waals surface area contributed by atoms with Gasteiger partial charge in [-0.1, -0.05) is 25.1 Å². The van der Waals surface area contributed by atoms with Crippen LogP contribution in [0.15, 0.2) is 46.8 Å². The minimum atomic E-state index is 0.0582. The van der Waals surface area contributed by atoms with Crippen LogP contribution in [0.2, 0.25) is 0 Å². The maximum Gasteiger partial charge on any atom is 0.224 e. The number of hydrogen-bond acceptors (Lipinski definition) is 4. The summed E-state index contributed by atoms with van der Waals surface area (Å²) in [6.45, 7) is 4.69. The molecule has 1 fully saturated rings. The number of piperidine rings is 1. The number of guanidine groups is 1. The van der Waals surface area contributed by atoms with Crippen molar-refractivity contribution >= 4 is 28.9 Å². The number of rotatable bonds is 8. The first-order chi connectivity index (χ1) is 15.1. The van der Waals surface area contributed by atoms with Gasteiger partial charge in [0.15, 0.2) is 5.96 Å². The number of nitrogens with zero attached hydrogens (tertiary/aromatic N) is 2. The lowest BCUT2D eigenvalue weighted by molar-refractivity contribution is -0.116. The molecule has 2 aromatic rings. The van der Waals surface area contributed by atoms with Crippen LogP contribution in [0.1, 0.15) is 49.1 Å². The van der Waals surface area contributed by atoms with Crippen molar-refractivity contribution in [3.05, 3.63) is 52.2 Å². The Morgan fingerprint density at radius 1 is 1.26 bits per heavy atom. The lowest BCUT2D eigenvalue weighted by atomic mass is 9.88. The number of anilines is 1. The van der Waals surface area contributed by atoms with E-state index in [1.54, 1.807) is 7.05 Å². The zero-order valence-electron chi connectivity index (χ0n) is 18.9. The molecule has 0 radical (unpaired) electrons. The second-order valence-electron chi connectivity index (χ2n) is 8.15. The predicted octanol–water partition coefficient (Wildman–Crippen LogP) is 4.23. The largest absolute Gasteiger partial charge is 0.356 e. The molecule has 6 nitrogen and oxygen atoms in total. The van der Waals surface area contributed by atoms with E-state index in [1.807, 2.05) is 36.5 Å². The highest BCUT2D eigenvalue weighted by Crippen LogP contribution is 2.36. The molecule has 0 spiro atoms. The summed E-state index contributed by atoms with van der Waals surface area (Å²) >= 11 is 1.85. The molecular weight excluding hydrogens is 406 g/mol. The van der Waals surface area contributed by atoms with Crippen molar-refractivity contribution in [2.24, 2.45) is 10.9 Å². The quantitative estimate of drug-likeness (QED) is 0.423. The highest BCUT2D eigenvalue weighted by Gasteiger charge is 2.31. The SMILES string of the molecule is CCCC(=O)Nc1cccc(CNC(=NC)NCC2CCCN(C)C2c2cccs2)c1. The van der Waals surface area contributed by atoms with Crippen molar-refractivity contribution in [3.8, 4) is 0 Å². The molecule has 2 unspecified atom stereocenters. The molecule has 2 heterocycles. The van der Waals surface area contributed by atoms with Gasteiger partial charge in [0.1, 0.15) is 0 Å². The summed E-state index contributed by atoms with van der Waals surface area (Å²) in [5, 5.41) is 12.1. The van der Waals surface area contributed by atoms with Crippen LogP contribution in [-0.2, 0) is 11.3 Å². The molecule has 1 aliphatic heterocycles. The first-order valence-electron chi connectivity index (χ1n) is 11.2. The van der Waals surface area contributed by atoms with E-state index in [0.29, 0.717) is 24.9 Å². The molecule has 0 aliphatic carbocycles. The van der Waals surface area contributed by atoms with Gasteiger partial charge < -0.3 is 16.0 Å². The van der Waals surface area contributed by atoms with Crippen molar-refractivity contribution in [1.82, 2.24) is 15.5 Å². The summed E-state index contributed by atoms with van der Waals surface area (Å²) < 4.78 is 0. The molecule has 1 amide bonds. The summed E-state index contributed by atoms with van der Waals surface area (Å²) in [4.78, 5) is 20.2. The second kappa shape index (κ2) is 11.9. The fourth-order valence-electron chi connectivity index (χ4n) is 4.23. The number of benzene rings is 1. The van der Waals surface area contributed by atoms with E-state index in [1.165, 1.54) is 17.7 Å². The average Bonchev–Trinajstić information content (AvgIpc) is 3.28. The van der Waals surface area contributed by atoms with Crippen LogP contribution in [0.4, 0.5) is 5.69 Å². The molecule has 168 valence electrons. The zero-order valence-corrected chi connectivity index (χ0v) is 19.7. The van der Waals surface area contributed by atoms with Gasteiger partial charge >= 0.3 is 0 Å². The molecule has 3 N–H and O–H groups in total. The van der Waals surface area contributed by atoms with Gasteiger partial charge in [0.25, 0.3) is 0 Å². The molecule has 1 aliphatic rings. The van der Waals surface area contributed by atoms with Crippen LogP contribution in [0, 0.1) is 5.92 Å². The summed E-state index contributed by atoms with van der Waals surface area (Å²) in [5.41, 5.74) is 1.94. The molecule has 31 heavy (non-hydrogen) atoms. The monoisotopic (exact) mass is 441 g/mol. The summed E-state index contributed by atoms with van der Waals surface area (Å²) in [5.74, 6) is 1.41. The van der Waals surface area contributed by atoms with Gasteiger partial charge in [0.2, 0.25) is 5.91 Å². The third-order valence-electron chi connectivity index (χ3n) is 5.74. The Labute approximate surface area is 190 Å². The average molecular weight is 442 g/mol. The highest BCUT2D eigenvalue weighted by molar-refractivity contribution is 7.10. The van der Waals surface area contributed by atoms with Gasteiger partial charge in [-0.25, -0.2) is 0 Å². The van der Waals surface area contributed by atoms with E-state index >= 15 is 0 Å². The smallest absolute Gasteiger partial charge is 0.224 e. The van der Waals surface area contributed by atoms with Crippen molar-refractivity contribution < 1.29 is 4.79 Å². The molecule has 1 aromatic carbocycles. The van der Waals surface area contributed by atoms with Gasteiger partial charge in [-0.3, -0.25) is 14.7 Å². The number of aliphatic imine (C=N–C) groups is 1. The van der Waals surface area contributed by atoms with Crippen LogP contribution in [0.25, 0.3) is 0 Å². The van der Waals surface area contributed by atoms with Crippen LogP contribution in [0.3, 0.4) is 0 Å². The fourth-order valence-corrected chi connectivity index (χ4v) is 5.21. The first-order valence-corrected chi connectivity index (χ1v) is 12.1. The standard InChI is InChI=1S/C24H35N5OS/c1-4-8-22(30)28-20-11-5-9-18(15-20)16-26-24(25-2)27-17-19-10-6-13-29(3)23(19)21-12-7-14-31-21/h5,7,9,11-12,14-15,19,23H,4,6,8,10,13,16-17H2,1-3H3,(H,28,30)(H2,25,26,27). The second-order valence-corrected chi connectivity index (χ2v) is 9.13. The molecule has 3 rings (SSSR count). The third-order valence-corrected chi connectivity index (χ3v) is 6.69. The number of likely N-dealkylation sites (tertiary alicyclic amines) is 1. The normalized spacial score (nSPS) is 19.8. The van der Waals surface area contributed by atoms with Crippen LogP contribution < -0.4 is 16.0 Å². The number of thiophene rings is 1. The fraction of sp³-hybridized carbons (Fsp3) is 0.500. The Morgan fingerprint density at radius 2 is 2.13 bits per heavy atom. The molecule has 0 saturated carbocycles. The first kappa shape index (κ1) is 23.3. The Hall–Kier alpha value is -2.38. The molecule has 7 heteroatoms. The van der Waals surface area contributed by atoms with Crippen molar-refractivity contribution in [2.45, 2.75) is 45.2 Å². The topological polar surface area (TPSA) is 68.8 Å². The maximum atomic E-state index is 11.8. The molecule has 0 bridgehead atoms. The molecule has 1 aromatic heterocycles. The van der Waals surface area contributed by atoms with E-state index in [4.69, 9.17) is 0 Å². The van der Waals surface area contributed by atoms with Gasteiger partial charge in [-0.15, -0.1) is 11.3 Å². The summed E-state index contributed by atoms with van der Waals surface area (Å²) in [7, 11) is 4.04. The Morgan fingerprint density at radius 3 is 2.87 bits per heavy atom. The van der Waals surface area contributed by atoms with E-state index in [9.17, 15) is 4.79 Å². The van der Waals surface area contributed by atoms with Gasteiger partial charge in [-0.2, -0.15) is 0 Å². The minimum absolute atomic E-state index is 0.0582. The predicted molar refractivity (Wildman–Crippen MR) is 131 cm³/mol. The van der Waals surface area contributed by atoms with Gasteiger partial charge in [0, 0.05) is 43.2 Å². The lowest BCUT2D eigenvalue weighted by Crippen LogP contribution is -2.44. The number of amides is 1. The van der Waals surface area contributed by atoms with E-state index < -0.39 is 0 Å². The lowest BCUT2D eigenvalue weighted by Gasteiger charge is -2.39. The Balaban J connectivity index is 1.53. The number of carbonyl (C=O) groups is 1. The van der Waals surface area contributed by atoms with E-state index in [0.717, 1.165) is 36.7 Å². The number of hydrogen-bond donors (Lipinski definition) is 3.